The first-order valence-corrected chi connectivity index (χ1v) is 7.52. The fourth-order valence-electron chi connectivity index (χ4n) is 1.94. The van der Waals surface area contributed by atoms with Crippen molar-refractivity contribution in [1.29, 1.82) is 0 Å². The van der Waals surface area contributed by atoms with Crippen LogP contribution in [0.1, 0.15) is 17.4 Å². The third-order valence-corrected chi connectivity index (χ3v) is 3.45. The van der Waals surface area contributed by atoms with Gasteiger partial charge in [0.05, 0.1) is 5.75 Å². The summed E-state index contributed by atoms with van der Waals surface area (Å²) in [4.78, 5) is 16.1. The fraction of sp³-hybridized carbons (Fsp3) is 0.286. The molecule has 6 heteroatoms. The third kappa shape index (κ3) is 3.39. The van der Waals surface area contributed by atoms with Crippen LogP contribution in [-0.4, -0.2) is 27.5 Å². The SMILES string of the molecule is CSCC(=O)NC(c1ccc(F)cc1)c1nccn1C. The monoisotopic (exact) mass is 293 g/mol. The Morgan fingerprint density at radius 1 is 1.45 bits per heavy atom. The summed E-state index contributed by atoms with van der Waals surface area (Å²) in [6, 6.07) is 5.70. The van der Waals surface area contributed by atoms with Crippen molar-refractivity contribution >= 4 is 17.7 Å². The molecule has 0 aliphatic rings. The minimum atomic E-state index is -0.379. The van der Waals surface area contributed by atoms with Crippen LogP contribution < -0.4 is 5.32 Å². The van der Waals surface area contributed by atoms with E-state index in [9.17, 15) is 9.18 Å². The van der Waals surface area contributed by atoms with Gasteiger partial charge in [-0.25, -0.2) is 9.37 Å². The van der Waals surface area contributed by atoms with Gasteiger partial charge in [0, 0.05) is 19.4 Å². The van der Waals surface area contributed by atoms with Crippen LogP contribution >= 0.6 is 11.8 Å². The topological polar surface area (TPSA) is 46.9 Å². The summed E-state index contributed by atoms with van der Waals surface area (Å²) in [6.07, 6.45) is 5.35. The molecule has 0 radical (unpaired) electrons. The fourth-order valence-corrected chi connectivity index (χ4v) is 2.29. The highest BCUT2D eigenvalue weighted by molar-refractivity contribution is 7.99. The second-order valence-corrected chi connectivity index (χ2v) is 5.25. The van der Waals surface area contributed by atoms with Gasteiger partial charge in [0.15, 0.2) is 0 Å². The first-order valence-electron chi connectivity index (χ1n) is 6.13. The molecule has 106 valence electrons. The zero-order chi connectivity index (χ0) is 14.5. The predicted octanol–water partition coefficient (Wildman–Crippen LogP) is 2.13. The number of aromatic nitrogens is 2. The van der Waals surface area contributed by atoms with E-state index in [-0.39, 0.29) is 17.8 Å². The maximum Gasteiger partial charge on any atom is 0.230 e. The van der Waals surface area contributed by atoms with Crippen LogP contribution in [0.5, 0.6) is 0 Å². The van der Waals surface area contributed by atoms with Crippen molar-refractivity contribution in [3.8, 4) is 0 Å². The Morgan fingerprint density at radius 3 is 2.70 bits per heavy atom. The summed E-state index contributed by atoms with van der Waals surface area (Å²) in [5.41, 5.74) is 0.801. The molecule has 0 saturated carbocycles. The van der Waals surface area contributed by atoms with Gasteiger partial charge in [-0.2, -0.15) is 11.8 Å². The van der Waals surface area contributed by atoms with Gasteiger partial charge in [-0.15, -0.1) is 0 Å². The number of carbonyl (C=O) groups is 1. The maximum atomic E-state index is 13.0. The minimum Gasteiger partial charge on any atom is -0.341 e. The zero-order valence-electron chi connectivity index (χ0n) is 11.3. The summed E-state index contributed by atoms with van der Waals surface area (Å²) in [5.74, 6) is 0.714. The number of carbonyl (C=O) groups excluding carboxylic acids is 1. The van der Waals surface area contributed by atoms with E-state index in [0.717, 1.165) is 5.56 Å². The van der Waals surface area contributed by atoms with Gasteiger partial charge in [-0.05, 0) is 24.0 Å². The number of nitrogens with one attached hydrogen (secondary N) is 1. The van der Waals surface area contributed by atoms with E-state index in [4.69, 9.17) is 0 Å². The molecule has 1 N–H and O–H groups in total. The Morgan fingerprint density at radius 2 is 2.15 bits per heavy atom. The molecule has 1 amide bonds. The Kier molecular flexibility index (Phi) is 4.79. The molecule has 0 fully saturated rings. The molecule has 2 rings (SSSR count). The van der Waals surface area contributed by atoms with Crippen molar-refractivity contribution in [1.82, 2.24) is 14.9 Å². The van der Waals surface area contributed by atoms with E-state index >= 15 is 0 Å². The van der Waals surface area contributed by atoms with Crippen LogP contribution in [-0.2, 0) is 11.8 Å². The molecule has 1 aromatic carbocycles. The summed E-state index contributed by atoms with van der Waals surface area (Å²) < 4.78 is 14.9. The molecule has 2 aromatic rings. The summed E-state index contributed by atoms with van der Waals surface area (Å²) >= 11 is 1.45. The van der Waals surface area contributed by atoms with Crippen molar-refractivity contribution in [2.75, 3.05) is 12.0 Å². The highest BCUT2D eigenvalue weighted by Gasteiger charge is 2.20. The van der Waals surface area contributed by atoms with Crippen LogP contribution in [0.4, 0.5) is 4.39 Å². The molecule has 1 unspecified atom stereocenters. The molecule has 0 aliphatic heterocycles. The number of hydrogen-bond acceptors (Lipinski definition) is 3. The smallest absolute Gasteiger partial charge is 0.230 e. The molecular weight excluding hydrogens is 277 g/mol. The first-order chi connectivity index (χ1) is 9.61. The average Bonchev–Trinajstić information content (AvgIpc) is 2.84. The predicted molar refractivity (Wildman–Crippen MR) is 78.0 cm³/mol. The van der Waals surface area contributed by atoms with Crippen LogP contribution in [0.25, 0.3) is 0 Å². The number of nitrogens with zero attached hydrogens (tertiary/aromatic N) is 2. The molecule has 1 heterocycles. The van der Waals surface area contributed by atoms with Gasteiger partial charge in [-0.3, -0.25) is 4.79 Å². The molecule has 20 heavy (non-hydrogen) atoms. The lowest BCUT2D eigenvalue weighted by Gasteiger charge is -2.19. The lowest BCUT2D eigenvalue weighted by Crippen LogP contribution is -2.32. The number of imidazole rings is 1. The number of thioether (sulfide) groups is 1. The van der Waals surface area contributed by atoms with E-state index < -0.39 is 0 Å². The van der Waals surface area contributed by atoms with Crippen molar-refractivity contribution in [3.05, 3.63) is 53.9 Å². The van der Waals surface area contributed by atoms with Crippen molar-refractivity contribution in [2.45, 2.75) is 6.04 Å². The quantitative estimate of drug-likeness (QED) is 0.918. The van der Waals surface area contributed by atoms with Crippen LogP contribution in [0.3, 0.4) is 0 Å². The lowest BCUT2D eigenvalue weighted by molar-refractivity contribution is -0.119. The number of benzene rings is 1. The van der Waals surface area contributed by atoms with Crippen molar-refractivity contribution in [2.24, 2.45) is 7.05 Å². The average molecular weight is 293 g/mol. The van der Waals surface area contributed by atoms with E-state index in [1.165, 1.54) is 23.9 Å². The Hall–Kier alpha value is -1.82. The molecule has 1 atom stereocenters. The van der Waals surface area contributed by atoms with Crippen molar-refractivity contribution in [3.63, 3.8) is 0 Å². The summed E-state index contributed by atoms with van der Waals surface area (Å²) in [6.45, 7) is 0. The first kappa shape index (κ1) is 14.6. The van der Waals surface area contributed by atoms with Gasteiger partial charge in [0.25, 0.3) is 0 Å². The molecular formula is C14H16FN3OS. The van der Waals surface area contributed by atoms with Gasteiger partial charge >= 0.3 is 0 Å². The van der Waals surface area contributed by atoms with E-state index in [0.29, 0.717) is 11.6 Å². The molecule has 0 spiro atoms. The lowest BCUT2D eigenvalue weighted by atomic mass is 10.1. The molecule has 0 aliphatic carbocycles. The van der Waals surface area contributed by atoms with E-state index in [1.54, 1.807) is 18.3 Å². The van der Waals surface area contributed by atoms with Crippen LogP contribution in [0, 0.1) is 5.82 Å². The Bertz CT molecular complexity index is 582. The second-order valence-electron chi connectivity index (χ2n) is 4.38. The zero-order valence-corrected chi connectivity index (χ0v) is 12.2. The molecule has 4 nitrogen and oxygen atoms in total. The standard InChI is InChI=1S/C14H16FN3OS/c1-18-8-7-16-14(18)13(17-12(19)9-20-2)10-3-5-11(15)6-4-10/h3-8,13H,9H2,1-2H3,(H,17,19). The Balaban J connectivity index is 2.31. The van der Waals surface area contributed by atoms with Gasteiger partial charge in [0.2, 0.25) is 5.91 Å². The van der Waals surface area contributed by atoms with Crippen molar-refractivity contribution < 1.29 is 9.18 Å². The van der Waals surface area contributed by atoms with Gasteiger partial charge in [-0.1, -0.05) is 12.1 Å². The van der Waals surface area contributed by atoms with Crippen LogP contribution in [0.2, 0.25) is 0 Å². The number of halogens is 1. The third-order valence-electron chi connectivity index (χ3n) is 2.90. The minimum absolute atomic E-state index is 0.0742. The largest absolute Gasteiger partial charge is 0.341 e. The van der Waals surface area contributed by atoms with Crippen LogP contribution in [0.15, 0.2) is 36.7 Å². The van der Waals surface area contributed by atoms with E-state index in [2.05, 4.69) is 10.3 Å². The number of hydrogen-bond donors (Lipinski definition) is 1. The molecule has 0 saturated heterocycles. The molecule has 0 bridgehead atoms. The molecule has 1 aromatic heterocycles. The van der Waals surface area contributed by atoms with Gasteiger partial charge < -0.3 is 9.88 Å². The highest BCUT2D eigenvalue weighted by atomic mass is 32.2. The number of rotatable bonds is 5. The Labute approximate surface area is 121 Å². The second kappa shape index (κ2) is 6.56. The highest BCUT2D eigenvalue weighted by Crippen LogP contribution is 2.20. The van der Waals surface area contributed by atoms with Gasteiger partial charge in [0.1, 0.15) is 17.7 Å². The number of aryl methyl sites for hydroxylation is 1. The normalized spacial score (nSPS) is 12.2. The summed E-state index contributed by atoms with van der Waals surface area (Å²) in [5, 5.41) is 2.93. The van der Waals surface area contributed by atoms with E-state index in [1.807, 2.05) is 24.1 Å². The number of amides is 1. The summed E-state index contributed by atoms with van der Waals surface area (Å²) in [7, 11) is 1.86. The maximum absolute atomic E-state index is 13.0.